The third-order valence-corrected chi connectivity index (χ3v) is 6.74. The van der Waals surface area contributed by atoms with Gasteiger partial charge in [0.1, 0.15) is 11.6 Å². The predicted molar refractivity (Wildman–Crippen MR) is 156 cm³/mol. The molecule has 0 saturated heterocycles. The van der Waals surface area contributed by atoms with Gasteiger partial charge in [0.2, 0.25) is 0 Å². The van der Waals surface area contributed by atoms with Gasteiger partial charge in [0.05, 0.1) is 6.10 Å². The molecule has 5 rings (SSSR count). The number of ether oxygens (including phenoxy) is 1. The third kappa shape index (κ3) is 6.03. The smallest absolute Gasteiger partial charge is 0.439 e. The first-order valence-corrected chi connectivity index (χ1v) is 13.5. The van der Waals surface area contributed by atoms with Crippen molar-refractivity contribution < 1.29 is 9.26 Å². The van der Waals surface area contributed by atoms with Crippen LogP contribution in [-0.2, 0) is 6.42 Å². The minimum absolute atomic E-state index is 0.121. The molecular weight excluding hydrogens is 488 g/mol. The zero-order chi connectivity index (χ0) is 27.4. The van der Waals surface area contributed by atoms with Crippen LogP contribution in [0.2, 0.25) is 0 Å². The van der Waals surface area contributed by atoms with E-state index in [-0.39, 0.29) is 6.10 Å². The van der Waals surface area contributed by atoms with Crippen LogP contribution in [0.3, 0.4) is 0 Å². The Hall–Kier alpha value is -4.39. The van der Waals surface area contributed by atoms with Gasteiger partial charge in [-0.05, 0) is 68.0 Å². The Morgan fingerprint density at radius 3 is 2.49 bits per heavy atom. The lowest BCUT2D eigenvalue weighted by Gasteiger charge is -2.31. The van der Waals surface area contributed by atoms with Crippen LogP contribution in [-0.4, -0.2) is 28.6 Å². The molecule has 0 saturated carbocycles. The van der Waals surface area contributed by atoms with Crippen molar-refractivity contribution in [3.63, 3.8) is 0 Å². The predicted octanol–water partition coefficient (Wildman–Crippen LogP) is 7.02. The molecule has 7 heteroatoms. The summed E-state index contributed by atoms with van der Waals surface area (Å²) in [7, 11) is 0. The maximum Gasteiger partial charge on any atom is 0.439 e. The van der Waals surface area contributed by atoms with Gasteiger partial charge in [-0.25, -0.2) is 9.79 Å². The van der Waals surface area contributed by atoms with Crippen molar-refractivity contribution in [1.29, 1.82) is 0 Å². The molecule has 1 aromatic heterocycles. The second kappa shape index (κ2) is 11.6. The van der Waals surface area contributed by atoms with Crippen molar-refractivity contribution in [2.24, 2.45) is 4.99 Å². The van der Waals surface area contributed by atoms with Crippen LogP contribution < -0.4 is 15.4 Å². The van der Waals surface area contributed by atoms with Crippen molar-refractivity contribution in [2.45, 2.75) is 53.1 Å². The van der Waals surface area contributed by atoms with Crippen LogP contribution in [0.25, 0.3) is 22.5 Å². The quantitative estimate of drug-likeness (QED) is 0.255. The highest BCUT2D eigenvalue weighted by atomic mass is 16.5. The average Bonchev–Trinajstić information content (AvgIpc) is 3.36. The Balaban J connectivity index is 1.40. The van der Waals surface area contributed by atoms with Gasteiger partial charge in [0, 0.05) is 29.6 Å². The number of amidine groups is 1. The van der Waals surface area contributed by atoms with Gasteiger partial charge in [-0.1, -0.05) is 73.1 Å². The van der Waals surface area contributed by atoms with Crippen LogP contribution in [0.5, 0.6) is 5.75 Å². The van der Waals surface area contributed by atoms with E-state index >= 15 is 0 Å². The largest absolute Gasteiger partial charge is 0.491 e. The topological polar surface area (TPSA) is 83.7 Å². The van der Waals surface area contributed by atoms with Crippen molar-refractivity contribution in [3.8, 4) is 28.3 Å². The van der Waals surface area contributed by atoms with Crippen molar-refractivity contribution >= 4 is 11.5 Å². The average molecular weight is 523 g/mol. The molecule has 39 heavy (non-hydrogen) atoms. The van der Waals surface area contributed by atoms with E-state index in [1.807, 2.05) is 50.2 Å². The molecule has 0 fully saturated rings. The van der Waals surface area contributed by atoms with Crippen molar-refractivity contribution in [2.75, 3.05) is 11.4 Å². The molecule has 0 aliphatic carbocycles. The number of nitrogens with zero attached hydrogens (tertiary/aromatic N) is 3. The lowest BCUT2D eigenvalue weighted by molar-refractivity contribution is 0.242. The number of aliphatic imine (C=N–C) groups is 1. The van der Waals surface area contributed by atoms with E-state index in [0.29, 0.717) is 5.82 Å². The summed E-state index contributed by atoms with van der Waals surface area (Å²) in [6.45, 7) is 9.15. The summed E-state index contributed by atoms with van der Waals surface area (Å²) < 4.78 is 10.7. The summed E-state index contributed by atoms with van der Waals surface area (Å²) in [5.41, 5.74) is 7.66. The molecule has 1 aliphatic heterocycles. The molecule has 1 N–H and O–H groups in total. The molecule has 0 spiro atoms. The molecule has 1 aliphatic rings. The number of hydrogen-bond donors (Lipinski definition) is 1. The minimum atomic E-state index is -0.565. The molecule has 0 bridgehead atoms. The number of benzene rings is 3. The minimum Gasteiger partial charge on any atom is -0.491 e. The van der Waals surface area contributed by atoms with Crippen LogP contribution in [0.1, 0.15) is 46.1 Å². The number of H-pyrrole nitrogens is 1. The maximum absolute atomic E-state index is 11.5. The fourth-order valence-corrected chi connectivity index (χ4v) is 4.97. The Kier molecular flexibility index (Phi) is 7.77. The fourth-order valence-electron chi connectivity index (χ4n) is 4.97. The Bertz CT molecular complexity index is 1560. The van der Waals surface area contributed by atoms with Gasteiger partial charge in [0.25, 0.3) is 0 Å². The highest BCUT2D eigenvalue weighted by molar-refractivity contribution is 5.98. The molecule has 0 amide bonds. The first kappa shape index (κ1) is 26.2. The van der Waals surface area contributed by atoms with E-state index in [0.717, 1.165) is 59.8 Å². The number of aromatic amines is 1. The van der Waals surface area contributed by atoms with Gasteiger partial charge in [0.15, 0.2) is 5.82 Å². The molecule has 3 aromatic carbocycles. The molecule has 2 heterocycles. The molecule has 0 unspecified atom stereocenters. The highest BCUT2D eigenvalue weighted by Crippen LogP contribution is 2.32. The van der Waals surface area contributed by atoms with Gasteiger partial charge >= 0.3 is 5.76 Å². The highest BCUT2D eigenvalue weighted by Gasteiger charge is 2.21. The van der Waals surface area contributed by atoms with Crippen molar-refractivity contribution in [1.82, 2.24) is 10.1 Å². The monoisotopic (exact) mass is 522 g/mol. The molecule has 7 nitrogen and oxygen atoms in total. The van der Waals surface area contributed by atoms with Gasteiger partial charge in [-0.3, -0.25) is 9.51 Å². The van der Waals surface area contributed by atoms with Crippen LogP contribution in [0.4, 0.5) is 5.69 Å². The number of rotatable bonds is 9. The summed E-state index contributed by atoms with van der Waals surface area (Å²) >= 11 is 0. The summed E-state index contributed by atoms with van der Waals surface area (Å²) in [5, 5.41) is 3.88. The second-order valence-corrected chi connectivity index (χ2v) is 10.1. The van der Waals surface area contributed by atoms with E-state index in [9.17, 15) is 4.79 Å². The molecule has 0 atom stereocenters. The fraction of sp³-hybridized carbons (Fsp3) is 0.281. The second-order valence-electron chi connectivity index (χ2n) is 10.1. The number of anilines is 1. The zero-order valence-corrected chi connectivity index (χ0v) is 22.9. The Morgan fingerprint density at radius 2 is 1.79 bits per heavy atom. The van der Waals surface area contributed by atoms with E-state index in [1.165, 1.54) is 16.8 Å². The van der Waals surface area contributed by atoms with Gasteiger partial charge in [-0.2, -0.15) is 0 Å². The molecular formula is C32H34N4O3. The summed E-state index contributed by atoms with van der Waals surface area (Å²) in [6, 6.07) is 24.7. The summed E-state index contributed by atoms with van der Waals surface area (Å²) in [4.78, 5) is 21.5. The van der Waals surface area contributed by atoms with Crippen molar-refractivity contribution in [3.05, 3.63) is 100 Å². The molecule has 0 radical (unpaired) electrons. The Morgan fingerprint density at radius 1 is 1.03 bits per heavy atom. The summed E-state index contributed by atoms with van der Waals surface area (Å²) in [5.74, 6) is 1.73. The van der Waals surface area contributed by atoms with Crippen LogP contribution in [0.15, 0.2) is 98.4 Å². The van der Waals surface area contributed by atoms with Crippen LogP contribution in [0, 0.1) is 0 Å². The van der Waals surface area contributed by atoms with E-state index in [1.54, 1.807) is 0 Å². The number of nitrogens with one attached hydrogen (secondary N) is 1. The molecule has 200 valence electrons. The Labute approximate surface area is 228 Å². The lowest BCUT2D eigenvalue weighted by atomic mass is 9.95. The number of allylic oxidation sites excluding steroid dienone is 1. The number of hydrogen-bond acceptors (Lipinski definition) is 6. The normalized spacial score (nSPS) is 13.7. The number of aromatic nitrogens is 2. The van der Waals surface area contributed by atoms with E-state index < -0.39 is 5.76 Å². The van der Waals surface area contributed by atoms with Gasteiger partial charge < -0.3 is 9.64 Å². The van der Waals surface area contributed by atoms with E-state index in [4.69, 9.17) is 14.3 Å². The molecule has 4 aromatic rings. The first-order valence-electron chi connectivity index (χ1n) is 13.5. The van der Waals surface area contributed by atoms with Gasteiger partial charge in [-0.15, -0.1) is 0 Å². The standard InChI is InChI=1S/C32H34N4O3/c1-5-9-30-25(20-36(22(4)33-30)26-10-8-11-27(19-26)38-21(2)3)18-23-14-16-24(17-15-23)28-12-6-7-13-29(28)31-34-32(37)39-35-31/h6-8,10-17,19,21H,5,9,18,20H2,1-4H3,(H,34,35,37). The third-order valence-electron chi connectivity index (χ3n) is 6.74. The zero-order valence-electron chi connectivity index (χ0n) is 22.9. The van der Waals surface area contributed by atoms with Crippen LogP contribution >= 0.6 is 0 Å². The summed E-state index contributed by atoms with van der Waals surface area (Å²) in [6.07, 6.45) is 2.95. The lowest BCUT2D eigenvalue weighted by Crippen LogP contribution is -2.34. The van der Waals surface area contributed by atoms with E-state index in [2.05, 4.69) is 65.3 Å². The first-order chi connectivity index (χ1) is 18.9. The SMILES string of the molecule is CCCC1=C(Cc2ccc(-c3ccccc3-c3noc(=O)[nH]3)cc2)CN(c2cccc(OC(C)C)c2)C(C)=N1. The maximum atomic E-state index is 11.5.